The summed E-state index contributed by atoms with van der Waals surface area (Å²) < 4.78 is 34.4. The maximum atomic E-state index is 13.5. The topological polar surface area (TPSA) is 307 Å². The van der Waals surface area contributed by atoms with E-state index >= 15 is 0 Å². The number of carbonyl (C=O) groups excluding carboxylic acids is 1. The third kappa shape index (κ3) is 40.8. The number of ether oxygens (including phenoxy) is 6. The highest BCUT2D eigenvalue weighted by Gasteiger charge is 2.53. The van der Waals surface area contributed by atoms with E-state index in [0.29, 0.717) is 12.8 Å². The minimum atomic E-state index is -1.98. The molecule has 0 aromatic carbocycles. The number of nitrogens with one attached hydrogen (secondary N) is 1. The zero-order valence-corrected chi connectivity index (χ0v) is 61.6. The molecule has 17 unspecified atom stereocenters. The molecule has 3 fully saturated rings. The average Bonchev–Trinajstić information content (AvgIpc) is 0.783. The second-order valence-corrected chi connectivity index (χ2v) is 27.8. The molecule has 19 nitrogen and oxygen atoms in total. The van der Waals surface area contributed by atoms with Crippen molar-refractivity contribution in [2.24, 2.45) is 0 Å². The van der Waals surface area contributed by atoms with Crippen molar-refractivity contribution in [3.05, 3.63) is 97.2 Å². The molecular weight excluding hydrogens is 1270 g/mol. The summed E-state index contributed by atoms with van der Waals surface area (Å²) in [5.41, 5.74) is 0. The lowest BCUT2D eigenvalue weighted by atomic mass is 9.96. The molecule has 0 aliphatic carbocycles. The zero-order chi connectivity index (χ0) is 72.5. The van der Waals surface area contributed by atoms with E-state index in [2.05, 4.69) is 104 Å². The molecular formula is C81H141NO18. The van der Waals surface area contributed by atoms with Crippen LogP contribution >= 0.6 is 0 Å². The predicted octanol–water partition coefficient (Wildman–Crippen LogP) is 12.8. The number of allylic oxidation sites excluding steroid dienone is 15. The van der Waals surface area contributed by atoms with Crippen molar-refractivity contribution in [2.75, 3.05) is 26.4 Å². The molecule has 12 N–H and O–H groups in total. The fraction of sp³-hybridized carbons (Fsp3) is 0.790. The van der Waals surface area contributed by atoms with Gasteiger partial charge in [-0.2, -0.15) is 0 Å². The van der Waals surface area contributed by atoms with Crippen LogP contribution in [0, 0.1) is 0 Å². The third-order valence-electron chi connectivity index (χ3n) is 19.1. The van der Waals surface area contributed by atoms with Crippen molar-refractivity contribution in [3.63, 3.8) is 0 Å². The van der Waals surface area contributed by atoms with Gasteiger partial charge >= 0.3 is 0 Å². The Hall–Kier alpha value is -3.29. The first-order chi connectivity index (χ1) is 48.8. The van der Waals surface area contributed by atoms with E-state index in [1.807, 2.05) is 6.08 Å². The van der Waals surface area contributed by atoms with Crippen LogP contribution in [0.1, 0.15) is 277 Å². The number of aliphatic hydroxyl groups is 11. The highest BCUT2D eigenvalue weighted by atomic mass is 16.8. The smallest absolute Gasteiger partial charge is 0.220 e. The van der Waals surface area contributed by atoms with Crippen LogP contribution in [0.15, 0.2) is 97.2 Å². The summed E-state index contributed by atoms with van der Waals surface area (Å²) in [6, 6.07) is -0.997. The third-order valence-corrected chi connectivity index (χ3v) is 19.1. The molecule has 3 rings (SSSR count). The second-order valence-electron chi connectivity index (χ2n) is 27.8. The van der Waals surface area contributed by atoms with Crippen molar-refractivity contribution in [2.45, 2.75) is 381 Å². The molecule has 3 heterocycles. The van der Waals surface area contributed by atoms with Crippen LogP contribution in [0.2, 0.25) is 0 Å². The normalized spacial score (nSPS) is 27.0. The SMILES string of the molecule is CC/C=C\C/C=C\C/C=C\C/C=C\C/C=C\C/C=C\CCCCCCCCCCCCCCCCC(=O)NC(COC1OC(CO)C(OC2OC(CO)C(OC3OC(CO)C(O)C(O)C3O)C(O)C2O)C(O)C1O)C(O)/C=C/CC/C=C/CCCCCCCCCCCCCCCCCC. The maximum Gasteiger partial charge on any atom is 0.220 e. The van der Waals surface area contributed by atoms with E-state index in [0.717, 1.165) is 83.5 Å². The van der Waals surface area contributed by atoms with Crippen LogP contribution < -0.4 is 5.32 Å². The van der Waals surface area contributed by atoms with E-state index in [9.17, 15) is 61.0 Å². The fourth-order valence-electron chi connectivity index (χ4n) is 12.8. The second kappa shape index (κ2) is 60.9. The summed E-state index contributed by atoms with van der Waals surface area (Å²) in [5, 5.41) is 121. The fourth-order valence-corrected chi connectivity index (χ4v) is 12.8. The lowest BCUT2D eigenvalue weighted by Gasteiger charge is -2.48. The average molecular weight is 1420 g/mol. The van der Waals surface area contributed by atoms with Gasteiger partial charge in [0.25, 0.3) is 0 Å². The minimum absolute atomic E-state index is 0.230. The number of aliphatic hydroxyl groups excluding tert-OH is 11. The first kappa shape index (κ1) is 90.9. The summed E-state index contributed by atoms with van der Waals surface area (Å²) >= 11 is 0. The zero-order valence-electron chi connectivity index (χ0n) is 61.6. The Kier molecular flexibility index (Phi) is 55.4. The van der Waals surface area contributed by atoms with Crippen LogP contribution in [-0.4, -0.2) is 193 Å². The van der Waals surface area contributed by atoms with Gasteiger partial charge in [0.2, 0.25) is 5.91 Å². The number of hydrogen-bond donors (Lipinski definition) is 12. The van der Waals surface area contributed by atoms with Gasteiger partial charge in [0.05, 0.1) is 38.6 Å². The molecule has 1 amide bonds. The van der Waals surface area contributed by atoms with Crippen molar-refractivity contribution in [1.29, 1.82) is 0 Å². The lowest BCUT2D eigenvalue weighted by molar-refractivity contribution is -0.379. The van der Waals surface area contributed by atoms with Gasteiger partial charge in [-0.15, -0.1) is 0 Å². The van der Waals surface area contributed by atoms with Gasteiger partial charge in [-0.25, -0.2) is 0 Å². The van der Waals surface area contributed by atoms with Gasteiger partial charge in [0, 0.05) is 6.42 Å². The number of amides is 1. The Morgan fingerprint density at radius 3 is 1.12 bits per heavy atom. The van der Waals surface area contributed by atoms with E-state index in [1.54, 1.807) is 6.08 Å². The van der Waals surface area contributed by atoms with Gasteiger partial charge in [0.15, 0.2) is 18.9 Å². The van der Waals surface area contributed by atoms with Gasteiger partial charge < -0.3 is 89.9 Å². The first-order valence-corrected chi connectivity index (χ1v) is 39.5. The number of rotatable bonds is 61. The van der Waals surface area contributed by atoms with E-state index in [4.69, 9.17) is 28.4 Å². The monoisotopic (exact) mass is 1420 g/mol. The van der Waals surface area contributed by atoms with E-state index < -0.39 is 124 Å². The molecule has 3 aliphatic heterocycles. The summed E-state index contributed by atoms with van der Waals surface area (Å²) in [6.07, 6.45) is 55.3. The Morgan fingerprint density at radius 2 is 0.700 bits per heavy atom. The van der Waals surface area contributed by atoms with Crippen molar-refractivity contribution >= 4 is 5.91 Å². The van der Waals surface area contributed by atoms with Gasteiger partial charge in [-0.05, 0) is 83.5 Å². The molecule has 0 radical (unpaired) electrons. The van der Waals surface area contributed by atoms with Crippen LogP contribution in [-0.2, 0) is 33.2 Å². The Morgan fingerprint density at radius 1 is 0.370 bits per heavy atom. The standard InChI is InChI=1S/C81H141NO18/c1-3-5-7-9-11-13-15-17-19-21-23-25-27-28-29-30-31-32-33-34-35-36-37-39-41-43-45-47-49-51-53-55-57-59-69(87)82-64(65(86)58-56-54-52-50-48-46-44-42-40-38-26-24-22-20-18-16-14-12-10-8-6-4-2)63-95-79-75(93)72(90)77(67(61-84)97-79)100-81-76(94)73(91)78(68(62-85)98-81)99-80-74(92)71(89)70(88)66(60-83)96-80/h5,7,11,13,17,19,23,25,28-29,31-32,48,50,56,58,64-68,70-81,83-86,88-94H,3-4,6,8-10,12,14-16,18,20-22,24,26-27,30,33-47,49,51-55,57,59-63H2,1-2H3,(H,82,87)/b7-5-,13-11-,19-17-,25-23-,29-28-,32-31-,50-48+,58-56+. The summed E-state index contributed by atoms with van der Waals surface area (Å²) in [5.74, 6) is -0.287. The van der Waals surface area contributed by atoms with Crippen molar-refractivity contribution in [1.82, 2.24) is 5.32 Å². The van der Waals surface area contributed by atoms with Crippen LogP contribution in [0.5, 0.6) is 0 Å². The largest absolute Gasteiger partial charge is 0.394 e. The number of unbranched alkanes of at least 4 members (excludes halogenated alkanes) is 31. The molecule has 17 atom stereocenters. The number of hydrogen-bond acceptors (Lipinski definition) is 18. The Labute approximate surface area is 603 Å². The quantitative estimate of drug-likeness (QED) is 0.0199. The molecule has 0 bridgehead atoms. The molecule has 100 heavy (non-hydrogen) atoms. The predicted molar refractivity (Wildman–Crippen MR) is 397 cm³/mol. The molecule has 0 saturated carbocycles. The van der Waals surface area contributed by atoms with Gasteiger partial charge in [0.1, 0.15) is 73.2 Å². The van der Waals surface area contributed by atoms with Crippen molar-refractivity contribution in [3.8, 4) is 0 Å². The Balaban J connectivity index is 1.38. The van der Waals surface area contributed by atoms with Crippen LogP contribution in [0.4, 0.5) is 0 Å². The molecule has 19 heteroatoms. The van der Waals surface area contributed by atoms with E-state index in [1.165, 1.54) is 161 Å². The molecule has 578 valence electrons. The minimum Gasteiger partial charge on any atom is -0.394 e. The summed E-state index contributed by atoms with van der Waals surface area (Å²) in [4.78, 5) is 13.5. The van der Waals surface area contributed by atoms with E-state index in [-0.39, 0.29) is 18.9 Å². The molecule has 3 aliphatic rings. The maximum absolute atomic E-state index is 13.5. The van der Waals surface area contributed by atoms with Gasteiger partial charge in [-0.1, -0.05) is 284 Å². The van der Waals surface area contributed by atoms with Crippen LogP contribution in [0.3, 0.4) is 0 Å². The molecule has 0 aromatic rings. The summed E-state index contributed by atoms with van der Waals surface area (Å²) in [7, 11) is 0. The number of carbonyl (C=O) groups is 1. The van der Waals surface area contributed by atoms with Crippen LogP contribution in [0.25, 0.3) is 0 Å². The first-order valence-electron chi connectivity index (χ1n) is 39.5. The highest BCUT2D eigenvalue weighted by Crippen LogP contribution is 2.33. The van der Waals surface area contributed by atoms with Gasteiger partial charge in [-0.3, -0.25) is 4.79 Å². The molecule has 0 spiro atoms. The highest BCUT2D eigenvalue weighted by molar-refractivity contribution is 5.76. The Bertz CT molecular complexity index is 2190. The lowest BCUT2D eigenvalue weighted by Crippen LogP contribution is -2.66. The molecule has 3 saturated heterocycles. The molecule has 0 aromatic heterocycles. The summed E-state index contributed by atoms with van der Waals surface area (Å²) in [6.45, 7) is 1.62. The van der Waals surface area contributed by atoms with Crippen molar-refractivity contribution < 1.29 is 89.4 Å².